The molecule has 0 bridgehead atoms. The summed E-state index contributed by atoms with van der Waals surface area (Å²) in [7, 11) is 0. The molecule has 1 amide bonds. The second-order valence-corrected chi connectivity index (χ2v) is 7.36. The lowest BCUT2D eigenvalue weighted by Crippen LogP contribution is -2.16. The summed E-state index contributed by atoms with van der Waals surface area (Å²) < 4.78 is 7.34. The minimum atomic E-state index is -0.491. The summed E-state index contributed by atoms with van der Waals surface area (Å²) in [5.74, 6) is 0.740. The Balaban J connectivity index is 1.47. The van der Waals surface area contributed by atoms with Crippen LogP contribution in [0.25, 0.3) is 4.96 Å². The highest BCUT2D eigenvalue weighted by molar-refractivity contribution is 7.17. The average Bonchev–Trinajstić information content (AvgIpc) is 3.22. The van der Waals surface area contributed by atoms with E-state index in [1.54, 1.807) is 10.7 Å². The summed E-state index contributed by atoms with van der Waals surface area (Å²) >= 11 is 1.48. The molecule has 4 aromatic rings. The number of nitrogens with zero attached hydrogens (tertiary/aromatic N) is 4. The molecule has 0 radical (unpaired) electrons. The second-order valence-electron chi connectivity index (χ2n) is 6.35. The Morgan fingerprint density at radius 3 is 2.79 bits per heavy atom. The first kappa shape index (κ1) is 18.1. The third kappa shape index (κ3) is 3.86. The number of carbonyl (C=O) groups excluding carboxylic acids is 1. The number of hydrogen-bond acceptors (Lipinski definition) is 6. The number of para-hydroxylation sites is 1. The Morgan fingerprint density at radius 1 is 1.25 bits per heavy atom. The van der Waals surface area contributed by atoms with Crippen LogP contribution in [-0.2, 0) is 11.2 Å². The lowest BCUT2D eigenvalue weighted by atomic mass is 10.2. The first-order valence-electron chi connectivity index (χ1n) is 8.86. The number of fused-ring (bicyclic) bond motifs is 1. The number of anilines is 1. The zero-order chi connectivity index (χ0) is 19.5. The molecular weight excluding hydrogens is 374 g/mol. The molecule has 1 atom stereocenters. The number of nitrogens with one attached hydrogen (secondary N) is 1. The Kier molecular flexibility index (Phi) is 5.03. The molecule has 7 nitrogen and oxygen atoms in total. The largest absolute Gasteiger partial charge is 0.440 e. The van der Waals surface area contributed by atoms with Crippen LogP contribution >= 0.6 is 11.3 Å². The Morgan fingerprint density at radius 2 is 2.07 bits per heavy atom. The topological polar surface area (TPSA) is 81.4 Å². The standard InChI is InChI=1S/C20H19N5O2S/c1-13-18(14(2)27-20(26)22-16-8-4-3-5-9-16)28-19-23-17(24-25(13)19)11-15-7-6-10-21-12-15/h3-10,12,14H,11H2,1-2H3,(H,22,26). The highest BCUT2D eigenvalue weighted by Crippen LogP contribution is 2.30. The van der Waals surface area contributed by atoms with Crippen LogP contribution in [0.3, 0.4) is 0 Å². The number of ether oxygens (including phenoxy) is 1. The molecule has 3 aromatic heterocycles. The van der Waals surface area contributed by atoms with E-state index in [4.69, 9.17) is 4.74 Å². The van der Waals surface area contributed by atoms with Crippen LogP contribution in [0.5, 0.6) is 0 Å². The predicted octanol–water partition coefficient (Wildman–Crippen LogP) is 4.39. The molecule has 4 rings (SSSR count). The summed E-state index contributed by atoms with van der Waals surface area (Å²) in [6.45, 7) is 3.80. The number of pyridine rings is 1. The van der Waals surface area contributed by atoms with Gasteiger partial charge in [-0.15, -0.1) is 5.10 Å². The number of aryl methyl sites for hydroxylation is 1. The molecule has 0 aliphatic carbocycles. The smallest absolute Gasteiger partial charge is 0.412 e. The summed E-state index contributed by atoms with van der Waals surface area (Å²) in [5.41, 5.74) is 2.68. The highest BCUT2D eigenvalue weighted by atomic mass is 32.1. The molecule has 1 N–H and O–H groups in total. The van der Waals surface area contributed by atoms with Crippen molar-refractivity contribution in [1.82, 2.24) is 19.6 Å². The van der Waals surface area contributed by atoms with Gasteiger partial charge in [-0.05, 0) is 37.6 Å². The van der Waals surface area contributed by atoms with Crippen LogP contribution in [0, 0.1) is 6.92 Å². The Labute approximate surface area is 166 Å². The number of benzene rings is 1. The van der Waals surface area contributed by atoms with Gasteiger partial charge in [-0.3, -0.25) is 10.3 Å². The highest BCUT2D eigenvalue weighted by Gasteiger charge is 2.21. The molecule has 0 saturated heterocycles. The fourth-order valence-electron chi connectivity index (χ4n) is 2.92. The van der Waals surface area contributed by atoms with Crippen molar-refractivity contribution in [2.24, 2.45) is 0 Å². The van der Waals surface area contributed by atoms with E-state index in [0.717, 1.165) is 26.9 Å². The van der Waals surface area contributed by atoms with Gasteiger partial charge < -0.3 is 4.74 Å². The SMILES string of the molecule is Cc1c(C(C)OC(=O)Nc2ccccc2)sc2nc(Cc3cccnc3)nn12. The van der Waals surface area contributed by atoms with E-state index < -0.39 is 12.2 Å². The lowest BCUT2D eigenvalue weighted by Gasteiger charge is -2.13. The number of rotatable bonds is 5. The van der Waals surface area contributed by atoms with Gasteiger partial charge in [-0.2, -0.15) is 0 Å². The molecule has 3 heterocycles. The quantitative estimate of drug-likeness (QED) is 0.544. The maximum atomic E-state index is 12.1. The Hall–Kier alpha value is -3.26. The van der Waals surface area contributed by atoms with Crippen LogP contribution in [0.15, 0.2) is 54.9 Å². The fourth-order valence-corrected chi connectivity index (χ4v) is 3.98. The number of amides is 1. The molecule has 0 aliphatic heterocycles. The van der Waals surface area contributed by atoms with Gasteiger partial charge in [0.2, 0.25) is 4.96 Å². The van der Waals surface area contributed by atoms with Crippen molar-refractivity contribution in [2.45, 2.75) is 26.4 Å². The van der Waals surface area contributed by atoms with Crippen molar-refractivity contribution in [2.75, 3.05) is 5.32 Å². The first-order valence-corrected chi connectivity index (χ1v) is 9.68. The van der Waals surface area contributed by atoms with Crippen molar-refractivity contribution in [3.05, 3.63) is 76.8 Å². The molecule has 0 spiro atoms. The van der Waals surface area contributed by atoms with Crippen LogP contribution in [-0.4, -0.2) is 25.7 Å². The molecule has 1 aromatic carbocycles. The van der Waals surface area contributed by atoms with Crippen molar-refractivity contribution in [3.8, 4) is 0 Å². The molecular formula is C20H19N5O2S. The molecule has 8 heteroatoms. The summed E-state index contributed by atoms with van der Waals surface area (Å²) in [5, 5.41) is 7.32. The first-order chi connectivity index (χ1) is 13.6. The summed E-state index contributed by atoms with van der Waals surface area (Å²) in [4.78, 5) is 22.6. The van der Waals surface area contributed by atoms with Crippen LogP contribution in [0.2, 0.25) is 0 Å². The zero-order valence-corrected chi connectivity index (χ0v) is 16.3. The second kappa shape index (κ2) is 7.77. The van der Waals surface area contributed by atoms with Crippen molar-refractivity contribution in [1.29, 1.82) is 0 Å². The molecule has 0 saturated carbocycles. The zero-order valence-electron chi connectivity index (χ0n) is 15.5. The molecule has 28 heavy (non-hydrogen) atoms. The van der Waals surface area contributed by atoms with E-state index >= 15 is 0 Å². The van der Waals surface area contributed by atoms with Crippen LogP contribution < -0.4 is 5.32 Å². The summed E-state index contributed by atoms with van der Waals surface area (Å²) in [6, 6.07) is 13.1. The average molecular weight is 393 g/mol. The van der Waals surface area contributed by atoms with Crippen LogP contribution in [0.1, 0.15) is 35.0 Å². The third-order valence-corrected chi connectivity index (χ3v) is 5.55. The monoisotopic (exact) mass is 393 g/mol. The van der Waals surface area contributed by atoms with E-state index in [1.807, 2.05) is 62.5 Å². The van der Waals surface area contributed by atoms with E-state index in [1.165, 1.54) is 11.3 Å². The number of hydrogen-bond donors (Lipinski definition) is 1. The van der Waals surface area contributed by atoms with Crippen molar-refractivity contribution in [3.63, 3.8) is 0 Å². The third-order valence-electron chi connectivity index (χ3n) is 4.26. The van der Waals surface area contributed by atoms with Gasteiger partial charge >= 0.3 is 6.09 Å². The van der Waals surface area contributed by atoms with Gasteiger partial charge in [-0.1, -0.05) is 35.6 Å². The van der Waals surface area contributed by atoms with E-state index in [-0.39, 0.29) is 0 Å². The number of aromatic nitrogens is 4. The van der Waals surface area contributed by atoms with Gasteiger partial charge in [0.05, 0.1) is 10.6 Å². The minimum absolute atomic E-state index is 0.404. The van der Waals surface area contributed by atoms with Gasteiger partial charge in [0.25, 0.3) is 0 Å². The number of thiazole rings is 1. The molecule has 1 unspecified atom stereocenters. The lowest BCUT2D eigenvalue weighted by molar-refractivity contribution is 0.122. The molecule has 142 valence electrons. The van der Waals surface area contributed by atoms with E-state index in [0.29, 0.717) is 12.1 Å². The van der Waals surface area contributed by atoms with Crippen molar-refractivity contribution >= 4 is 28.1 Å². The van der Waals surface area contributed by atoms with Gasteiger partial charge in [-0.25, -0.2) is 14.3 Å². The van der Waals surface area contributed by atoms with Gasteiger partial charge in [0.1, 0.15) is 6.10 Å². The van der Waals surface area contributed by atoms with Gasteiger partial charge in [0, 0.05) is 24.5 Å². The normalized spacial score (nSPS) is 12.1. The molecule has 0 fully saturated rings. The van der Waals surface area contributed by atoms with Crippen molar-refractivity contribution < 1.29 is 9.53 Å². The predicted molar refractivity (Wildman–Crippen MR) is 108 cm³/mol. The van der Waals surface area contributed by atoms with E-state index in [2.05, 4.69) is 20.4 Å². The fraction of sp³-hybridized carbons (Fsp3) is 0.200. The van der Waals surface area contributed by atoms with Gasteiger partial charge in [0.15, 0.2) is 5.82 Å². The van der Waals surface area contributed by atoms with E-state index in [9.17, 15) is 4.79 Å². The molecule has 0 aliphatic rings. The Bertz CT molecular complexity index is 1090. The maximum absolute atomic E-state index is 12.1. The van der Waals surface area contributed by atoms with Crippen LogP contribution in [0.4, 0.5) is 10.5 Å². The minimum Gasteiger partial charge on any atom is -0.440 e. The number of carbonyl (C=O) groups is 1. The maximum Gasteiger partial charge on any atom is 0.412 e. The summed E-state index contributed by atoms with van der Waals surface area (Å²) in [6.07, 6.45) is 3.29.